The summed E-state index contributed by atoms with van der Waals surface area (Å²) in [4.78, 5) is 20.0. The first kappa shape index (κ1) is 12.5. The van der Waals surface area contributed by atoms with Crippen LogP contribution in [0.2, 0.25) is 0 Å². The van der Waals surface area contributed by atoms with Gasteiger partial charge >= 0.3 is 0 Å². The van der Waals surface area contributed by atoms with E-state index in [9.17, 15) is 4.79 Å². The third kappa shape index (κ3) is 3.04. The van der Waals surface area contributed by atoms with Crippen LogP contribution in [0.5, 0.6) is 0 Å². The summed E-state index contributed by atoms with van der Waals surface area (Å²) in [7, 11) is 0. The largest absolute Gasteiger partial charge is 0.384 e. The molecule has 3 N–H and O–H groups in total. The first-order chi connectivity index (χ1) is 8.66. The van der Waals surface area contributed by atoms with Gasteiger partial charge in [-0.2, -0.15) is 0 Å². The molecule has 0 spiro atoms. The molecule has 0 aromatic carbocycles. The van der Waals surface area contributed by atoms with E-state index in [0.717, 1.165) is 5.01 Å². The van der Waals surface area contributed by atoms with Gasteiger partial charge < -0.3 is 11.1 Å². The lowest BCUT2D eigenvalue weighted by molar-refractivity contribution is 0.0947. The standard InChI is InChI=1S/C12H14N4OS/c1-8(12-14-5-6-18-12)7-15-11(17)9-3-2-4-10(13)16-9/h2-6,8H,7H2,1H3,(H2,13,16)(H,15,17). The number of hydrogen-bond acceptors (Lipinski definition) is 5. The molecule has 0 aliphatic rings. The lowest BCUT2D eigenvalue weighted by atomic mass is 10.2. The molecule has 0 fully saturated rings. The second-order valence-corrected chi connectivity index (χ2v) is 4.86. The zero-order valence-corrected chi connectivity index (χ0v) is 10.8. The lowest BCUT2D eigenvalue weighted by Crippen LogP contribution is -2.28. The Bertz CT molecular complexity index is 527. The third-order valence-corrected chi connectivity index (χ3v) is 3.45. The molecular weight excluding hydrogens is 248 g/mol. The molecule has 5 nitrogen and oxygen atoms in total. The average molecular weight is 262 g/mol. The molecule has 2 aromatic rings. The second kappa shape index (κ2) is 5.59. The van der Waals surface area contributed by atoms with Crippen LogP contribution >= 0.6 is 11.3 Å². The van der Waals surface area contributed by atoms with Gasteiger partial charge in [-0.15, -0.1) is 11.3 Å². The van der Waals surface area contributed by atoms with E-state index < -0.39 is 0 Å². The normalized spacial score (nSPS) is 12.1. The Morgan fingerprint density at radius 1 is 1.56 bits per heavy atom. The van der Waals surface area contributed by atoms with Crippen molar-refractivity contribution in [2.24, 2.45) is 0 Å². The van der Waals surface area contributed by atoms with E-state index in [2.05, 4.69) is 15.3 Å². The van der Waals surface area contributed by atoms with Crippen LogP contribution < -0.4 is 11.1 Å². The minimum absolute atomic E-state index is 0.190. The van der Waals surface area contributed by atoms with Crippen molar-refractivity contribution in [3.8, 4) is 0 Å². The minimum atomic E-state index is -0.217. The van der Waals surface area contributed by atoms with Crippen molar-refractivity contribution in [2.45, 2.75) is 12.8 Å². The first-order valence-electron chi connectivity index (χ1n) is 5.57. The highest BCUT2D eigenvalue weighted by Crippen LogP contribution is 2.16. The number of hydrogen-bond donors (Lipinski definition) is 2. The van der Waals surface area contributed by atoms with Crippen LogP contribution in [0.25, 0.3) is 0 Å². The van der Waals surface area contributed by atoms with Gasteiger partial charge in [-0.3, -0.25) is 4.79 Å². The second-order valence-electron chi connectivity index (χ2n) is 3.93. The summed E-state index contributed by atoms with van der Waals surface area (Å²) in [6.45, 7) is 2.55. The number of thiazole rings is 1. The maximum absolute atomic E-state index is 11.8. The molecule has 0 saturated carbocycles. The maximum Gasteiger partial charge on any atom is 0.269 e. The van der Waals surface area contributed by atoms with Crippen LogP contribution in [0.15, 0.2) is 29.8 Å². The summed E-state index contributed by atoms with van der Waals surface area (Å²) >= 11 is 1.58. The number of anilines is 1. The number of nitrogens with two attached hydrogens (primary N) is 1. The molecule has 18 heavy (non-hydrogen) atoms. The van der Waals surface area contributed by atoms with E-state index in [-0.39, 0.29) is 11.8 Å². The molecular formula is C12H14N4OS. The van der Waals surface area contributed by atoms with Crippen LogP contribution in [0, 0.1) is 0 Å². The van der Waals surface area contributed by atoms with Gasteiger partial charge in [-0.1, -0.05) is 13.0 Å². The number of amides is 1. The number of pyridine rings is 1. The van der Waals surface area contributed by atoms with Crippen LogP contribution in [-0.2, 0) is 0 Å². The Morgan fingerprint density at radius 2 is 2.39 bits per heavy atom. The molecule has 0 saturated heterocycles. The third-order valence-electron chi connectivity index (χ3n) is 2.45. The van der Waals surface area contributed by atoms with Crippen molar-refractivity contribution in [1.82, 2.24) is 15.3 Å². The maximum atomic E-state index is 11.8. The summed E-state index contributed by atoms with van der Waals surface area (Å²) in [5, 5.41) is 5.76. The number of aromatic nitrogens is 2. The van der Waals surface area contributed by atoms with Gasteiger partial charge in [0, 0.05) is 24.0 Å². The molecule has 1 unspecified atom stereocenters. The lowest BCUT2D eigenvalue weighted by Gasteiger charge is -2.09. The van der Waals surface area contributed by atoms with Gasteiger partial charge in [0.25, 0.3) is 5.91 Å². The quantitative estimate of drug-likeness (QED) is 0.878. The molecule has 2 heterocycles. The van der Waals surface area contributed by atoms with E-state index in [0.29, 0.717) is 18.1 Å². The highest BCUT2D eigenvalue weighted by molar-refractivity contribution is 7.09. The summed E-state index contributed by atoms with van der Waals surface area (Å²) in [6.07, 6.45) is 1.76. The Balaban J connectivity index is 1.92. The zero-order chi connectivity index (χ0) is 13.0. The highest BCUT2D eigenvalue weighted by Gasteiger charge is 2.12. The number of carbonyl (C=O) groups is 1. The predicted octanol–water partition coefficient (Wildman–Crippen LogP) is 1.65. The first-order valence-corrected chi connectivity index (χ1v) is 6.45. The molecule has 0 bridgehead atoms. The van der Waals surface area contributed by atoms with Crippen LogP contribution in [0.3, 0.4) is 0 Å². The Kier molecular flexibility index (Phi) is 3.88. The molecule has 1 amide bonds. The minimum Gasteiger partial charge on any atom is -0.384 e. The fraction of sp³-hybridized carbons (Fsp3) is 0.250. The van der Waals surface area contributed by atoms with Gasteiger partial charge in [0.2, 0.25) is 0 Å². The van der Waals surface area contributed by atoms with Crippen molar-refractivity contribution >= 4 is 23.1 Å². The molecule has 6 heteroatoms. The van der Waals surface area contributed by atoms with Crippen molar-refractivity contribution in [1.29, 1.82) is 0 Å². The summed E-state index contributed by atoms with van der Waals surface area (Å²) in [5.74, 6) is 0.316. The van der Waals surface area contributed by atoms with Gasteiger partial charge in [0.15, 0.2) is 0 Å². The zero-order valence-electron chi connectivity index (χ0n) is 9.96. The molecule has 2 rings (SSSR count). The number of nitrogens with zero attached hydrogens (tertiary/aromatic N) is 2. The molecule has 94 valence electrons. The van der Waals surface area contributed by atoms with Gasteiger partial charge in [0.1, 0.15) is 11.5 Å². The van der Waals surface area contributed by atoms with Crippen molar-refractivity contribution < 1.29 is 4.79 Å². The highest BCUT2D eigenvalue weighted by atomic mass is 32.1. The fourth-order valence-corrected chi connectivity index (χ4v) is 2.18. The van der Waals surface area contributed by atoms with Crippen LogP contribution in [-0.4, -0.2) is 22.4 Å². The SMILES string of the molecule is CC(CNC(=O)c1cccc(N)n1)c1nccs1. The molecule has 0 aliphatic heterocycles. The van der Waals surface area contributed by atoms with E-state index in [1.54, 1.807) is 35.7 Å². The van der Waals surface area contributed by atoms with Crippen molar-refractivity contribution in [3.63, 3.8) is 0 Å². The van der Waals surface area contributed by atoms with Crippen molar-refractivity contribution in [3.05, 3.63) is 40.5 Å². The number of nitrogen functional groups attached to an aromatic ring is 1. The Morgan fingerprint density at radius 3 is 3.06 bits per heavy atom. The van der Waals surface area contributed by atoms with E-state index in [1.807, 2.05) is 12.3 Å². The smallest absolute Gasteiger partial charge is 0.269 e. The molecule has 0 radical (unpaired) electrons. The average Bonchev–Trinajstić information content (AvgIpc) is 2.89. The number of rotatable bonds is 4. The summed E-state index contributed by atoms with van der Waals surface area (Å²) in [5.41, 5.74) is 5.86. The summed E-state index contributed by atoms with van der Waals surface area (Å²) < 4.78 is 0. The fourth-order valence-electron chi connectivity index (χ4n) is 1.48. The molecule has 1 atom stereocenters. The topological polar surface area (TPSA) is 80.9 Å². The van der Waals surface area contributed by atoms with E-state index >= 15 is 0 Å². The predicted molar refractivity (Wildman–Crippen MR) is 71.5 cm³/mol. The van der Waals surface area contributed by atoms with E-state index in [4.69, 9.17) is 5.73 Å². The summed E-state index contributed by atoms with van der Waals surface area (Å²) in [6, 6.07) is 5.00. The van der Waals surface area contributed by atoms with Crippen LogP contribution in [0.1, 0.15) is 28.3 Å². The van der Waals surface area contributed by atoms with Gasteiger partial charge in [-0.25, -0.2) is 9.97 Å². The Hall–Kier alpha value is -1.95. The van der Waals surface area contributed by atoms with Gasteiger partial charge in [-0.05, 0) is 12.1 Å². The van der Waals surface area contributed by atoms with Crippen molar-refractivity contribution in [2.75, 3.05) is 12.3 Å². The van der Waals surface area contributed by atoms with Gasteiger partial charge in [0.05, 0.1) is 5.01 Å². The molecule has 2 aromatic heterocycles. The molecule has 0 aliphatic carbocycles. The number of carbonyl (C=O) groups excluding carboxylic acids is 1. The Labute approximate surface area is 109 Å². The monoisotopic (exact) mass is 262 g/mol. The van der Waals surface area contributed by atoms with E-state index in [1.165, 1.54) is 0 Å². The van der Waals surface area contributed by atoms with Crippen LogP contribution in [0.4, 0.5) is 5.82 Å². The number of nitrogens with one attached hydrogen (secondary N) is 1.